The van der Waals surface area contributed by atoms with Crippen molar-refractivity contribution in [1.29, 1.82) is 0 Å². The topological polar surface area (TPSA) is 126 Å². The van der Waals surface area contributed by atoms with Crippen molar-refractivity contribution in [3.8, 4) is 5.82 Å². The Balaban J connectivity index is 1.51. The summed E-state index contributed by atoms with van der Waals surface area (Å²) < 4.78 is 1.74. The fraction of sp³-hybridized carbons (Fsp3) is 0.389. The third-order valence-electron chi connectivity index (χ3n) is 5.05. The van der Waals surface area contributed by atoms with Crippen LogP contribution in [0.25, 0.3) is 16.7 Å². The van der Waals surface area contributed by atoms with Crippen LogP contribution in [0.3, 0.4) is 0 Å². The summed E-state index contributed by atoms with van der Waals surface area (Å²) in [5, 5.41) is 19.6. The van der Waals surface area contributed by atoms with Gasteiger partial charge < -0.3 is 10.4 Å². The van der Waals surface area contributed by atoms with Gasteiger partial charge in [0, 0.05) is 30.2 Å². The molecule has 3 heterocycles. The van der Waals surface area contributed by atoms with E-state index < -0.39 is 5.97 Å². The highest BCUT2D eigenvalue weighted by molar-refractivity contribution is 6.04. The molecule has 1 aliphatic carbocycles. The van der Waals surface area contributed by atoms with Gasteiger partial charge in [0.05, 0.1) is 11.7 Å². The van der Waals surface area contributed by atoms with Crippen molar-refractivity contribution >= 4 is 22.8 Å². The summed E-state index contributed by atoms with van der Waals surface area (Å²) in [7, 11) is 0. The Hall–Kier alpha value is -3.23. The van der Waals surface area contributed by atoms with E-state index >= 15 is 0 Å². The molecule has 1 amide bonds. The zero-order valence-electron chi connectivity index (χ0n) is 14.6. The molecule has 27 heavy (non-hydrogen) atoms. The van der Waals surface area contributed by atoms with Gasteiger partial charge in [-0.1, -0.05) is 0 Å². The highest BCUT2D eigenvalue weighted by Crippen LogP contribution is 2.27. The minimum Gasteiger partial charge on any atom is -0.481 e. The number of carbonyl (C=O) groups excluding carboxylic acids is 1. The number of carboxylic acids is 1. The number of hydrogen-bond donors (Lipinski definition) is 3. The molecule has 9 heteroatoms. The maximum Gasteiger partial charge on any atom is 0.303 e. The second-order valence-electron chi connectivity index (χ2n) is 6.92. The first-order chi connectivity index (χ1) is 13.1. The Kier molecular flexibility index (Phi) is 4.57. The van der Waals surface area contributed by atoms with E-state index in [2.05, 4.69) is 25.5 Å². The van der Waals surface area contributed by atoms with Gasteiger partial charge in [-0.25, -0.2) is 9.97 Å². The predicted octanol–water partition coefficient (Wildman–Crippen LogP) is 1.91. The molecule has 3 aromatic heterocycles. The lowest BCUT2D eigenvalue weighted by atomic mass is 9.84. The highest BCUT2D eigenvalue weighted by Gasteiger charge is 2.25. The van der Waals surface area contributed by atoms with Gasteiger partial charge in [0.1, 0.15) is 12.1 Å². The van der Waals surface area contributed by atoms with Crippen LogP contribution in [-0.4, -0.2) is 47.8 Å². The van der Waals surface area contributed by atoms with Crippen LogP contribution in [0.4, 0.5) is 0 Å². The number of hydrogen-bond acceptors (Lipinski definition) is 5. The van der Waals surface area contributed by atoms with Crippen LogP contribution >= 0.6 is 0 Å². The first-order valence-electron chi connectivity index (χ1n) is 8.95. The lowest BCUT2D eigenvalue weighted by Gasteiger charge is -2.28. The van der Waals surface area contributed by atoms with Crippen molar-refractivity contribution in [3.05, 3.63) is 36.7 Å². The van der Waals surface area contributed by atoms with E-state index in [9.17, 15) is 9.59 Å². The Morgan fingerprint density at radius 2 is 2.11 bits per heavy atom. The summed E-state index contributed by atoms with van der Waals surface area (Å²) in [5.74, 6) is -0.230. The van der Waals surface area contributed by atoms with E-state index in [0.717, 1.165) is 31.1 Å². The number of pyridine rings is 1. The molecule has 0 unspecified atom stereocenters. The number of aromatic amines is 1. The third kappa shape index (κ3) is 3.67. The summed E-state index contributed by atoms with van der Waals surface area (Å²) in [6.45, 7) is 0. The van der Waals surface area contributed by atoms with Crippen LogP contribution in [0.2, 0.25) is 0 Å². The normalized spacial score (nSPS) is 19.9. The summed E-state index contributed by atoms with van der Waals surface area (Å²) >= 11 is 0. The number of H-pyrrole nitrogens is 1. The highest BCUT2D eigenvalue weighted by atomic mass is 16.4. The average Bonchev–Trinajstić information content (AvgIpc) is 3.33. The quantitative estimate of drug-likeness (QED) is 0.631. The van der Waals surface area contributed by atoms with Gasteiger partial charge in [-0.2, -0.15) is 5.10 Å². The third-order valence-corrected chi connectivity index (χ3v) is 5.05. The molecule has 0 radical (unpaired) electrons. The zero-order valence-corrected chi connectivity index (χ0v) is 14.6. The van der Waals surface area contributed by atoms with Gasteiger partial charge in [-0.05, 0) is 37.7 Å². The SMILES string of the molecule is O=C(O)CC1CCC(NC(=O)c2nc(-n3ccnc3)cc3cn[nH]c23)CC1. The van der Waals surface area contributed by atoms with Gasteiger partial charge in [-0.3, -0.25) is 19.3 Å². The average molecular weight is 368 g/mol. The molecular weight excluding hydrogens is 348 g/mol. The first-order valence-corrected chi connectivity index (χ1v) is 8.95. The van der Waals surface area contributed by atoms with Gasteiger partial charge in [0.15, 0.2) is 5.69 Å². The zero-order chi connectivity index (χ0) is 18.8. The van der Waals surface area contributed by atoms with Crippen LogP contribution in [-0.2, 0) is 4.79 Å². The summed E-state index contributed by atoms with van der Waals surface area (Å²) in [4.78, 5) is 32.2. The smallest absolute Gasteiger partial charge is 0.303 e. The largest absolute Gasteiger partial charge is 0.481 e. The van der Waals surface area contributed by atoms with Gasteiger partial charge in [0.25, 0.3) is 5.91 Å². The van der Waals surface area contributed by atoms with Crippen LogP contribution in [0.5, 0.6) is 0 Å². The standard InChI is InChI=1S/C18H20N6O3/c25-15(26)7-11-1-3-13(4-2-11)21-18(27)17-16-12(9-20-23-16)8-14(22-17)24-6-5-19-10-24/h5-6,8-11,13H,1-4,7H2,(H,20,23)(H,21,27)(H,25,26). The molecule has 9 nitrogen and oxygen atoms in total. The van der Waals surface area contributed by atoms with E-state index in [0.29, 0.717) is 17.0 Å². The molecule has 3 N–H and O–H groups in total. The van der Waals surface area contributed by atoms with Gasteiger partial charge >= 0.3 is 5.97 Å². The number of imidazole rings is 1. The van der Waals surface area contributed by atoms with E-state index in [1.165, 1.54) is 0 Å². The van der Waals surface area contributed by atoms with Crippen molar-refractivity contribution in [3.63, 3.8) is 0 Å². The molecule has 0 aromatic carbocycles. The molecule has 140 valence electrons. The predicted molar refractivity (Wildman–Crippen MR) is 96.5 cm³/mol. The maximum atomic E-state index is 12.9. The molecule has 3 aromatic rings. The Morgan fingerprint density at radius 3 is 2.81 bits per heavy atom. The molecule has 1 aliphatic rings. The Morgan fingerprint density at radius 1 is 1.30 bits per heavy atom. The van der Waals surface area contributed by atoms with Crippen LogP contribution in [0, 0.1) is 5.92 Å². The number of carbonyl (C=O) groups is 2. The molecule has 1 saturated carbocycles. The van der Waals surface area contributed by atoms with Gasteiger partial charge in [-0.15, -0.1) is 0 Å². The number of aromatic nitrogens is 5. The fourth-order valence-corrected chi connectivity index (χ4v) is 3.64. The number of carboxylic acid groups (broad SMARTS) is 1. The number of rotatable bonds is 5. The van der Waals surface area contributed by atoms with E-state index in [4.69, 9.17) is 5.11 Å². The second-order valence-corrected chi connectivity index (χ2v) is 6.92. The summed E-state index contributed by atoms with van der Waals surface area (Å²) in [6.07, 6.45) is 10.1. The molecule has 4 rings (SSSR count). The van der Waals surface area contributed by atoms with Gasteiger partial charge in [0.2, 0.25) is 0 Å². The van der Waals surface area contributed by atoms with Crippen LogP contribution in [0.15, 0.2) is 31.0 Å². The lowest BCUT2D eigenvalue weighted by Crippen LogP contribution is -2.38. The number of fused-ring (bicyclic) bond motifs is 1. The van der Waals surface area contributed by atoms with Crippen molar-refractivity contribution in [2.24, 2.45) is 5.92 Å². The first kappa shape index (κ1) is 17.2. The summed E-state index contributed by atoms with van der Waals surface area (Å²) in [6, 6.07) is 1.87. The molecule has 0 spiro atoms. The van der Waals surface area contributed by atoms with Crippen LogP contribution in [0.1, 0.15) is 42.6 Å². The molecule has 0 saturated heterocycles. The molecule has 0 bridgehead atoms. The molecule has 1 fully saturated rings. The number of nitrogens with zero attached hydrogens (tertiary/aromatic N) is 4. The fourth-order valence-electron chi connectivity index (χ4n) is 3.64. The van der Waals surface area contributed by atoms with E-state index in [1.807, 2.05) is 6.07 Å². The van der Waals surface area contributed by atoms with Crippen molar-refractivity contribution in [1.82, 2.24) is 30.0 Å². The maximum absolute atomic E-state index is 12.9. The van der Waals surface area contributed by atoms with Crippen LogP contribution < -0.4 is 5.32 Å². The Labute approximate surface area is 154 Å². The molecular formula is C18H20N6O3. The van der Waals surface area contributed by atoms with Crippen molar-refractivity contribution in [2.45, 2.75) is 38.1 Å². The van der Waals surface area contributed by atoms with Crippen molar-refractivity contribution < 1.29 is 14.7 Å². The minimum atomic E-state index is -0.760. The second kappa shape index (κ2) is 7.18. The Bertz CT molecular complexity index is 957. The monoisotopic (exact) mass is 368 g/mol. The van der Waals surface area contributed by atoms with E-state index in [1.54, 1.807) is 29.5 Å². The number of amides is 1. The number of aliphatic carboxylic acids is 1. The molecule has 0 aliphatic heterocycles. The minimum absolute atomic E-state index is 0.0271. The lowest BCUT2D eigenvalue weighted by molar-refractivity contribution is -0.138. The summed E-state index contributed by atoms with van der Waals surface area (Å²) in [5.41, 5.74) is 0.886. The van der Waals surface area contributed by atoms with Crippen molar-refractivity contribution in [2.75, 3.05) is 0 Å². The molecule has 0 atom stereocenters. The van der Waals surface area contributed by atoms with E-state index in [-0.39, 0.29) is 24.3 Å². The number of nitrogens with one attached hydrogen (secondary N) is 2.